The summed E-state index contributed by atoms with van der Waals surface area (Å²) in [4.78, 5) is 6.11. The van der Waals surface area contributed by atoms with Gasteiger partial charge in [-0.15, -0.1) is 24.0 Å². The largest absolute Gasteiger partial charge is 0.359 e. The predicted molar refractivity (Wildman–Crippen MR) is 85.8 cm³/mol. The van der Waals surface area contributed by atoms with Crippen molar-refractivity contribution in [1.29, 1.82) is 0 Å². The van der Waals surface area contributed by atoms with Crippen LogP contribution in [-0.2, 0) is 6.54 Å². The molecular formula is C11H16Cl2IN3. The van der Waals surface area contributed by atoms with E-state index in [0.717, 1.165) is 18.1 Å². The Morgan fingerprint density at radius 2 is 2.00 bits per heavy atom. The third kappa shape index (κ3) is 4.89. The Morgan fingerprint density at radius 1 is 1.35 bits per heavy atom. The second kappa shape index (κ2) is 8.00. The molecular weight excluding hydrogens is 372 g/mol. The van der Waals surface area contributed by atoms with E-state index in [0.29, 0.717) is 10.0 Å². The molecule has 0 bridgehead atoms. The molecule has 0 radical (unpaired) electrons. The van der Waals surface area contributed by atoms with Crippen LogP contribution in [0.5, 0.6) is 0 Å². The normalized spacial score (nSPS) is 10.8. The molecule has 0 atom stereocenters. The van der Waals surface area contributed by atoms with E-state index in [2.05, 4.69) is 10.3 Å². The van der Waals surface area contributed by atoms with Gasteiger partial charge in [0.15, 0.2) is 5.96 Å². The molecule has 1 aromatic rings. The Labute approximate surface area is 129 Å². The fraction of sp³-hybridized carbons (Fsp3) is 0.364. The van der Waals surface area contributed by atoms with E-state index in [-0.39, 0.29) is 24.0 Å². The van der Waals surface area contributed by atoms with Crippen LogP contribution in [0, 0.1) is 0 Å². The van der Waals surface area contributed by atoms with Crippen LogP contribution in [0.1, 0.15) is 5.56 Å². The number of hydrogen-bond donors (Lipinski definition) is 1. The predicted octanol–water partition coefficient (Wildman–Crippen LogP) is 3.25. The quantitative estimate of drug-likeness (QED) is 0.479. The summed E-state index contributed by atoms with van der Waals surface area (Å²) in [7, 11) is 5.55. The highest BCUT2D eigenvalue weighted by Crippen LogP contribution is 2.23. The van der Waals surface area contributed by atoms with Crippen molar-refractivity contribution in [3.63, 3.8) is 0 Å². The van der Waals surface area contributed by atoms with Gasteiger partial charge in [-0.25, -0.2) is 0 Å². The maximum atomic E-state index is 5.95. The third-order valence-electron chi connectivity index (χ3n) is 2.20. The van der Waals surface area contributed by atoms with Gasteiger partial charge in [0.2, 0.25) is 0 Å². The summed E-state index contributed by atoms with van der Waals surface area (Å²) in [5, 5.41) is 4.17. The Kier molecular flexibility index (Phi) is 7.91. The van der Waals surface area contributed by atoms with E-state index < -0.39 is 0 Å². The first-order chi connectivity index (χ1) is 7.58. The number of benzene rings is 1. The average molecular weight is 388 g/mol. The first kappa shape index (κ1) is 16.8. The van der Waals surface area contributed by atoms with Crippen molar-refractivity contribution in [1.82, 2.24) is 10.2 Å². The molecule has 6 heteroatoms. The van der Waals surface area contributed by atoms with Gasteiger partial charge in [0.05, 0.1) is 10.0 Å². The zero-order chi connectivity index (χ0) is 12.1. The minimum Gasteiger partial charge on any atom is -0.359 e. The monoisotopic (exact) mass is 387 g/mol. The van der Waals surface area contributed by atoms with E-state index >= 15 is 0 Å². The first-order valence-corrected chi connectivity index (χ1v) is 5.63. The van der Waals surface area contributed by atoms with Crippen molar-refractivity contribution in [3.05, 3.63) is 33.8 Å². The lowest BCUT2D eigenvalue weighted by atomic mass is 10.2. The van der Waals surface area contributed by atoms with Crippen molar-refractivity contribution in [2.45, 2.75) is 6.54 Å². The number of guanidine groups is 1. The van der Waals surface area contributed by atoms with Gasteiger partial charge < -0.3 is 10.2 Å². The van der Waals surface area contributed by atoms with Crippen LogP contribution in [0.25, 0.3) is 0 Å². The van der Waals surface area contributed by atoms with E-state index in [1.165, 1.54) is 0 Å². The van der Waals surface area contributed by atoms with Gasteiger partial charge in [0.25, 0.3) is 0 Å². The molecule has 0 aliphatic carbocycles. The second-order valence-electron chi connectivity index (χ2n) is 3.40. The molecule has 0 aliphatic rings. The zero-order valence-corrected chi connectivity index (χ0v) is 13.8. The fourth-order valence-corrected chi connectivity index (χ4v) is 1.78. The molecule has 0 fully saturated rings. The number of nitrogens with one attached hydrogen (secondary N) is 1. The highest BCUT2D eigenvalue weighted by atomic mass is 127. The van der Waals surface area contributed by atoms with Crippen LogP contribution >= 0.6 is 47.2 Å². The third-order valence-corrected chi connectivity index (χ3v) is 2.94. The molecule has 17 heavy (non-hydrogen) atoms. The highest BCUT2D eigenvalue weighted by Gasteiger charge is 2.05. The lowest BCUT2D eigenvalue weighted by Crippen LogP contribution is -2.36. The van der Waals surface area contributed by atoms with Gasteiger partial charge >= 0.3 is 0 Å². The summed E-state index contributed by atoms with van der Waals surface area (Å²) in [6.07, 6.45) is 0. The number of rotatable bonds is 2. The SMILES string of the molecule is CN=C(NC)N(C)Cc1ccc(Cl)c(Cl)c1.I. The maximum Gasteiger partial charge on any atom is 0.193 e. The molecule has 1 aromatic carbocycles. The fourth-order valence-electron chi connectivity index (χ4n) is 1.46. The molecule has 0 aliphatic heterocycles. The molecule has 0 aromatic heterocycles. The van der Waals surface area contributed by atoms with Crippen LogP contribution in [0.4, 0.5) is 0 Å². The van der Waals surface area contributed by atoms with E-state index in [9.17, 15) is 0 Å². The van der Waals surface area contributed by atoms with Gasteiger partial charge in [0.1, 0.15) is 0 Å². The molecule has 1 N–H and O–H groups in total. The molecule has 3 nitrogen and oxygen atoms in total. The average Bonchev–Trinajstić information content (AvgIpc) is 2.25. The van der Waals surface area contributed by atoms with Crippen LogP contribution < -0.4 is 5.32 Å². The van der Waals surface area contributed by atoms with Crippen LogP contribution in [0.2, 0.25) is 10.0 Å². The molecule has 96 valence electrons. The molecule has 0 unspecified atom stereocenters. The lowest BCUT2D eigenvalue weighted by molar-refractivity contribution is 0.483. The second-order valence-corrected chi connectivity index (χ2v) is 4.22. The summed E-state index contributed by atoms with van der Waals surface area (Å²) >= 11 is 11.8. The Morgan fingerprint density at radius 3 is 2.47 bits per heavy atom. The Balaban J connectivity index is 0.00000256. The molecule has 0 spiro atoms. The van der Waals surface area contributed by atoms with E-state index in [1.807, 2.05) is 31.1 Å². The van der Waals surface area contributed by atoms with Crippen molar-refractivity contribution in [2.24, 2.45) is 4.99 Å². The highest BCUT2D eigenvalue weighted by molar-refractivity contribution is 14.0. The molecule has 0 heterocycles. The van der Waals surface area contributed by atoms with Crippen LogP contribution in [-0.4, -0.2) is 32.0 Å². The summed E-state index contributed by atoms with van der Waals surface area (Å²) < 4.78 is 0. The lowest BCUT2D eigenvalue weighted by Gasteiger charge is -2.20. The summed E-state index contributed by atoms with van der Waals surface area (Å²) in [6, 6.07) is 5.62. The van der Waals surface area contributed by atoms with E-state index in [4.69, 9.17) is 23.2 Å². The van der Waals surface area contributed by atoms with Gasteiger partial charge in [-0.3, -0.25) is 4.99 Å². The standard InChI is InChI=1S/C11H15Cl2N3.HI/c1-14-11(15-2)16(3)7-8-4-5-9(12)10(13)6-8;/h4-6H,7H2,1-3H3,(H,14,15);1H. The number of halogens is 3. The first-order valence-electron chi connectivity index (χ1n) is 4.88. The maximum absolute atomic E-state index is 5.95. The number of aliphatic imine (C=N–C) groups is 1. The summed E-state index contributed by atoms with van der Waals surface area (Å²) in [6.45, 7) is 0.727. The van der Waals surface area contributed by atoms with Crippen molar-refractivity contribution in [3.8, 4) is 0 Å². The Hall–Kier alpha value is -0.200. The van der Waals surface area contributed by atoms with Gasteiger partial charge in [0, 0.05) is 27.7 Å². The topological polar surface area (TPSA) is 27.6 Å². The van der Waals surface area contributed by atoms with Crippen LogP contribution in [0.15, 0.2) is 23.2 Å². The molecule has 0 saturated carbocycles. The van der Waals surface area contributed by atoms with Crippen molar-refractivity contribution < 1.29 is 0 Å². The van der Waals surface area contributed by atoms with Crippen molar-refractivity contribution in [2.75, 3.05) is 21.1 Å². The molecule has 1 rings (SSSR count). The number of nitrogens with zero attached hydrogens (tertiary/aromatic N) is 2. The van der Waals surface area contributed by atoms with Gasteiger partial charge in [-0.1, -0.05) is 29.3 Å². The Bertz CT molecular complexity index is 396. The minimum atomic E-state index is 0. The van der Waals surface area contributed by atoms with Gasteiger partial charge in [-0.05, 0) is 17.7 Å². The summed E-state index contributed by atoms with van der Waals surface area (Å²) in [5.41, 5.74) is 1.09. The molecule has 0 amide bonds. The smallest absolute Gasteiger partial charge is 0.193 e. The molecule has 0 saturated heterocycles. The minimum absolute atomic E-state index is 0. The summed E-state index contributed by atoms with van der Waals surface area (Å²) in [5.74, 6) is 0.825. The van der Waals surface area contributed by atoms with E-state index in [1.54, 1.807) is 13.1 Å². The van der Waals surface area contributed by atoms with Gasteiger partial charge in [-0.2, -0.15) is 0 Å². The zero-order valence-electron chi connectivity index (χ0n) is 10.00. The number of hydrogen-bond acceptors (Lipinski definition) is 1. The van der Waals surface area contributed by atoms with Crippen LogP contribution in [0.3, 0.4) is 0 Å². The van der Waals surface area contributed by atoms with Crippen molar-refractivity contribution >= 4 is 53.1 Å².